The maximum absolute atomic E-state index is 11.5. The molecule has 0 heterocycles. The monoisotopic (exact) mass is 1420 g/mol. The molecule has 27 heteroatoms. The molecular weight excluding hydrogens is 1350 g/mol. The van der Waals surface area contributed by atoms with Crippen LogP contribution in [0.5, 0.6) is 0 Å². The van der Waals surface area contributed by atoms with Gasteiger partial charge in [-0.15, -0.1) is 9.05 Å². The van der Waals surface area contributed by atoms with E-state index in [9.17, 15) is 32.2 Å². The Hall–Kier alpha value is -3.08. The van der Waals surface area contributed by atoms with Gasteiger partial charge in [-0.05, 0) is 125 Å². The van der Waals surface area contributed by atoms with Crippen molar-refractivity contribution in [3.05, 3.63) is 119 Å². The topological polar surface area (TPSA) is 267 Å². The fourth-order valence-electron chi connectivity index (χ4n) is 4.10. The zero-order valence-corrected chi connectivity index (χ0v) is 51.7. The average Bonchev–Trinajstić information content (AvgIpc) is 3.32. The summed E-state index contributed by atoms with van der Waals surface area (Å²) in [6.45, 7) is 7.53. The number of hydrogen-bond acceptors (Lipinski definition) is 17. The van der Waals surface area contributed by atoms with Gasteiger partial charge in [0.15, 0.2) is 23.1 Å². The third-order valence-corrected chi connectivity index (χ3v) is 10.8. The van der Waals surface area contributed by atoms with Crippen molar-refractivity contribution < 1.29 is 67.1 Å². The lowest BCUT2D eigenvalue weighted by molar-refractivity contribution is 0.100. The quantitative estimate of drug-likeness (QED) is 0.0249. The van der Waals surface area contributed by atoms with E-state index in [-0.39, 0.29) is 41.7 Å². The number of Topliss-reactive ketones (excluding diaryl/α,β-unsaturated/α-hetero) is 4. The number of ketones is 4. The predicted molar refractivity (Wildman–Crippen MR) is 317 cm³/mol. The molecule has 0 atom stereocenters. The Bertz CT molecular complexity index is 2330. The van der Waals surface area contributed by atoms with Crippen LogP contribution in [-0.4, -0.2) is 128 Å². The van der Waals surface area contributed by atoms with E-state index < -0.39 is 29.1 Å². The summed E-state index contributed by atoms with van der Waals surface area (Å²) in [5.74, 6) is 0.334. The molecule has 0 aliphatic heterocycles. The maximum atomic E-state index is 11.5. The van der Waals surface area contributed by atoms with Gasteiger partial charge in [-0.1, -0.05) is 62.6 Å². The molecule has 0 unspecified atom stereocenters. The molecule has 0 spiro atoms. The number of anilines is 4. The molecule has 4 aromatic carbocycles. The highest BCUT2D eigenvalue weighted by Gasteiger charge is 2.16. The first-order chi connectivity index (χ1) is 32.9. The number of benzene rings is 4. The second-order valence-corrected chi connectivity index (χ2v) is 20.5. The van der Waals surface area contributed by atoms with E-state index in [0.717, 1.165) is 42.4 Å². The average molecular weight is 1420 g/mol. The summed E-state index contributed by atoms with van der Waals surface area (Å²) in [7, 11) is 3.73. The standard InChI is InChI=1S/C10H11Br2NO.C10H12BrNO.C10H13NO.C8H9NO.C4H10O3P.C2H6O4S.2CH4.Br2.H2O4S/c1-13(2)8-5-3-7(4-6-8)9(14)10(11)12;1-12(2)9-5-3-8(4-6-9)10(13)7-11;1-8(12)9-4-6-10(7-5-9)11(2)3;1-6(10)7-2-4-8(9)5-3-7;1-3-6-8(5)7-4-2;1-5-7(3,4)6-2;;;1-2;1-5(2,3)4/h3-6,10H,1-2H3;3-6H,7H2,1-2H3;4-7H,1-3H3;2-5H,9H2,1H3;3-4H2,1-2H3;1-2H3;2*1H4;;(H2,1,2,3,4)/q;;;;+1;;;;;/i2*1+1,2+1;2+1,3+1;;;1+1,2+1;;;;. The molecule has 0 saturated heterocycles. The lowest BCUT2D eigenvalue weighted by Crippen LogP contribution is -2.10. The van der Waals surface area contributed by atoms with Gasteiger partial charge in [0.05, 0.1) is 19.5 Å². The Labute approximate surface area is 475 Å². The second kappa shape index (κ2) is 46.2. The van der Waals surface area contributed by atoms with E-state index in [1.807, 2.05) is 130 Å². The van der Waals surface area contributed by atoms with Gasteiger partial charge in [0.1, 0.15) is 17.0 Å². The van der Waals surface area contributed by atoms with Gasteiger partial charge in [0.2, 0.25) is 0 Å². The van der Waals surface area contributed by atoms with Crippen LogP contribution in [-0.2, 0) is 42.8 Å². The molecule has 0 aromatic heterocycles. The molecule has 0 saturated carbocycles. The molecule has 19 nitrogen and oxygen atoms in total. The SMILES string of the molecule is BrBr.C.C.CC(=O)c1ccc(N([13CH3])[13CH3])cc1.CC(=O)c1ccc(N)cc1.CCO[P+](=O)OCC.O=S(=O)(O)O.[13CH3]N([13CH3])c1ccc(C(=O)C(Br)Br)cc1.[13CH3]N([13CH3])c1ccc(C(=O)CBr)cc1.[13CH3]OS(=O)(=O)O[13CH3]. The van der Waals surface area contributed by atoms with E-state index in [0.29, 0.717) is 35.4 Å². The zero-order chi connectivity index (χ0) is 56.1. The molecule has 4 N–H and O–H groups in total. The van der Waals surface area contributed by atoms with Crippen molar-refractivity contribution in [1.82, 2.24) is 0 Å². The number of carbonyl (C=O) groups excluding carboxylic acids is 4. The Morgan fingerprint density at radius 2 is 0.849 bits per heavy atom. The highest BCUT2D eigenvalue weighted by atomic mass is 80.9. The highest BCUT2D eigenvalue weighted by Crippen LogP contribution is 2.22. The lowest BCUT2D eigenvalue weighted by atomic mass is 10.1. The first kappa shape index (κ1) is 81.3. The van der Waals surface area contributed by atoms with Crippen LogP contribution >= 0.6 is 84.3 Å². The summed E-state index contributed by atoms with van der Waals surface area (Å²) in [5, 5.41) is 0.383. The van der Waals surface area contributed by atoms with Gasteiger partial charge < -0.3 is 20.4 Å². The number of carbonyl (C=O) groups is 4. The van der Waals surface area contributed by atoms with Gasteiger partial charge >= 0.3 is 29.1 Å². The minimum atomic E-state index is -4.67. The number of nitrogen functional groups attached to an aromatic ring is 1. The third-order valence-electron chi connectivity index (χ3n) is 7.68. The second-order valence-electron chi connectivity index (χ2n) is 13.5. The van der Waals surface area contributed by atoms with E-state index in [4.69, 9.17) is 23.3 Å². The molecule has 73 heavy (non-hydrogen) atoms. The number of rotatable bonds is 15. The number of nitrogens with two attached hydrogens (primary N) is 1. The van der Waals surface area contributed by atoms with E-state index in [2.05, 4.69) is 93.5 Å². The first-order valence-electron chi connectivity index (χ1n) is 20.0. The van der Waals surface area contributed by atoms with Crippen LogP contribution in [0, 0.1) is 0 Å². The van der Waals surface area contributed by atoms with Crippen LogP contribution in [0.3, 0.4) is 0 Å². The summed E-state index contributed by atoms with van der Waals surface area (Å²) in [6.07, 6.45) is 0. The summed E-state index contributed by atoms with van der Waals surface area (Å²) < 4.78 is 78.3. The summed E-state index contributed by atoms with van der Waals surface area (Å²) >= 11 is 15.0. The van der Waals surface area contributed by atoms with Crippen molar-refractivity contribution in [2.45, 2.75) is 46.3 Å². The largest absolute Gasteiger partial charge is 0.697 e. The number of hydrogen-bond donors (Lipinski definition) is 3. The van der Waals surface area contributed by atoms with Gasteiger partial charge in [-0.2, -0.15) is 16.8 Å². The highest BCUT2D eigenvalue weighted by molar-refractivity contribution is 9.93. The van der Waals surface area contributed by atoms with Gasteiger partial charge in [0.25, 0.3) is 0 Å². The molecule has 4 aromatic rings. The molecule has 416 valence electrons. The van der Waals surface area contributed by atoms with Crippen molar-refractivity contribution >= 4 is 151 Å². The van der Waals surface area contributed by atoms with Crippen LogP contribution in [0.1, 0.15) is 84.0 Å². The van der Waals surface area contributed by atoms with Crippen LogP contribution < -0.4 is 20.4 Å². The molecule has 4 rings (SSSR count). The predicted octanol–water partition coefficient (Wildman–Crippen LogP) is 12.4. The first-order valence-corrected chi connectivity index (χ1v) is 30.4. The van der Waals surface area contributed by atoms with Crippen LogP contribution in [0.25, 0.3) is 0 Å². The molecule has 0 amide bonds. The van der Waals surface area contributed by atoms with Gasteiger partial charge in [0, 0.05) is 120 Å². The van der Waals surface area contributed by atoms with E-state index >= 15 is 0 Å². The van der Waals surface area contributed by atoms with E-state index in [1.54, 1.807) is 45.0 Å². The van der Waals surface area contributed by atoms with Crippen LogP contribution in [0.15, 0.2) is 97.1 Å². The van der Waals surface area contributed by atoms with Crippen LogP contribution in [0.2, 0.25) is 0 Å². The third kappa shape index (κ3) is 44.9. The van der Waals surface area contributed by atoms with Crippen molar-refractivity contribution in [2.24, 2.45) is 0 Å². The Kier molecular flexibility index (Phi) is 51.5. The number of halogens is 5. The van der Waals surface area contributed by atoms with Crippen molar-refractivity contribution in [3.8, 4) is 0 Å². The molecule has 0 bridgehead atoms. The maximum Gasteiger partial charge on any atom is 0.697 e. The van der Waals surface area contributed by atoms with Crippen LogP contribution in [0.4, 0.5) is 22.7 Å². The zero-order valence-electron chi connectivity index (χ0n) is 41.2. The minimum absolute atomic E-state index is 0. The minimum Gasteiger partial charge on any atom is -0.399 e. The van der Waals surface area contributed by atoms with Crippen molar-refractivity contribution in [1.29, 1.82) is 0 Å². The van der Waals surface area contributed by atoms with E-state index in [1.165, 1.54) is 6.92 Å². The molecule has 0 radical (unpaired) electrons. The van der Waals surface area contributed by atoms with Crippen molar-refractivity contribution in [2.75, 3.05) is 95.5 Å². The van der Waals surface area contributed by atoms with Gasteiger partial charge in [-0.3, -0.25) is 36.6 Å². The summed E-state index contributed by atoms with van der Waals surface area (Å²) in [4.78, 5) is 50.4. The Morgan fingerprint density at radius 1 is 0.589 bits per heavy atom. The fraction of sp³-hybridized carbons (Fsp3) is 0.391. The summed E-state index contributed by atoms with van der Waals surface area (Å²) in [5.41, 5.74) is 12.3. The summed E-state index contributed by atoms with van der Waals surface area (Å²) in [6, 6.07) is 29.5. The normalized spacial score (nSPS) is 9.59. The Balaban J connectivity index is -0.000000181. The van der Waals surface area contributed by atoms with Crippen molar-refractivity contribution in [3.63, 3.8) is 0 Å². The fourth-order valence-corrected chi connectivity index (χ4v) is 5.59. The number of nitrogens with zero attached hydrogens (tertiary/aromatic N) is 3. The molecule has 0 aliphatic carbocycles. The Morgan fingerprint density at radius 3 is 1.05 bits per heavy atom. The lowest BCUT2D eigenvalue weighted by Gasteiger charge is -2.12. The molecule has 0 fully saturated rings. The number of alkyl halides is 3. The van der Waals surface area contributed by atoms with Gasteiger partial charge in [-0.25, -0.2) is 0 Å². The molecular formula is C46H71Br5N4O15PS2+. The smallest absolute Gasteiger partial charge is 0.399 e. The molecule has 0 aliphatic rings.